The Morgan fingerprint density at radius 1 is 0.538 bits per heavy atom. The minimum atomic E-state index is -5.61. The monoisotopic (exact) mass is 408 g/mol. The summed E-state index contributed by atoms with van der Waals surface area (Å²) in [5.41, 5.74) is 0. The normalized spacial score (nSPS) is 9.23. The van der Waals surface area contributed by atoms with Gasteiger partial charge in [0.25, 0.3) is 0 Å². The average Bonchev–Trinajstić information content (AvgIpc) is 1.12. The maximum Gasteiger partial charge on any atom is 4.00 e. The fraction of sp³-hybridized carbons (Fsp3) is 0. The predicted molar refractivity (Wildman–Crippen MR) is 23.0 cm³/mol. The average molecular weight is 408 g/mol. The molecule has 0 aromatic heterocycles. The van der Waals surface area contributed by atoms with Crippen LogP contribution in [0.3, 0.4) is 0 Å². The van der Waals surface area contributed by atoms with Crippen molar-refractivity contribution in [3.05, 3.63) is 0 Å². The molecule has 0 aliphatic heterocycles. The van der Waals surface area contributed by atoms with Gasteiger partial charge in [-0.2, -0.15) is 0 Å². The van der Waals surface area contributed by atoms with Crippen LogP contribution in [0.15, 0.2) is 0 Å². The van der Waals surface area contributed by atoms with Crippen LogP contribution in [0, 0.1) is 0 Å². The van der Waals surface area contributed by atoms with E-state index in [0.29, 0.717) is 0 Å². The van der Waals surface area contributed by atoms with Gasteiger partial charge in [0.2, 0.25) is 0 Å². The first-order chi connectivity index (χ1) is 4.00. The van der Waals surface area contributed by atoms with Gasteiger partial charge in [-0.25, -0.2) is 0 Å². The second-order valence-corrected chi connectivity index (χ2v) is 3.00. The summed E-state index contributed by atoms with van der Waals surface area (Å²) in [7, 11) is -11.2. The van der Waals surface area contributed by atoms with Crippen molar-refractivity contribution in [2.24, 2.45) is 0 Å². The topological polar surface area (TPSA) is 184 Å². The van der Waals surface area contributed by atoms with Crippen LogP contribution in [-0.4, -0.2) is 79.7 Å². The van der Waals surface area contributed by atoms with Crippen molar-refractivity contribution in [3.8, 4) is 0 Å². The molecular formula is CaO8Si2SnZn. The van der Waals surface area contributed by atoms with Gasteiger partial charge in [0.1, 0.15) is 0 Å². The molecule has 0 saturated heterocycles. The van der Waals surface area contributed by atoms with Gasteiger partial charge in [0.15, 0.2) is 0 Å². The predicted octanol–water partition coefficient (Wildman–Crippen LogP) is -11.0. The molecule has 0 aliphatic rings. The van der Waals surface area contributed by atoms with Gasteiger partial charge in [0, 0.05) is 0 Å². The summed E-state index contributed by atoms with van der Waals surface area (Å²) in [6.07, 6.45) is 0. The van der Waals surface area contributed by atoms with Gasteiger partial charge < -0.3 is 56.5 Å². The molecule has 0 aliphatic carbocycles. The molecule has 64 valence electrons. The van der Waals surface area contributed by atoms with E-state index in [2.05, 4.69) is 0 Å². The van der Waals surface area contributed by atoms with Crippen molar-refractivity contribution < 1.29 is 57.8 Å². The molecule has 0 amide bonds. The summed E-state index contributed by atoms with van der Waals surface area (Å²) in [5, 5.41) is 0. The molecule has 0 aromatic rings. The van der Waals surface area contributed by atoms with Crippen LogP contribution in [0.25, 0.3) is 0 Å². The summed E-state index contributed by atoms with van der Waals surface area (Å²) < 4.78 is 0. The molecule has 13 heteroatoms. The zero-order chi connectivity index (χ0) is 9.00. The number of hydrogen-bond donors (Lipinski definition) is 0. The van der Waals surface area contributed by atoms with Gasteiger partial charge in [-0.3, -0.25) is 0 Å². The van der Waals surface area contributed by atoms with Crippen LogP contribution in [0.4, 0.5) is 0 Å². The van der Waals surface area contributed by atoms with Gasteiger partial charge in [-0.1, -0.05) is 0 Å². The van der Waals surface area contributed by atoms with Crippen LogP contribution in [0.5, 0.6) is 0 Å². The Hall–Kier alpha value is 2.80. The molecule has 0 saturated carbocycles. The van der Waals surface area contributed by atoms with E-state index in [1.807, 2.05) is 0 Å². The van der Waals surface area contributed by atoms with E-state index < -0.39 is 18.1 Å². The van der Waals surface area contributed by atoms with Gasteiger partial charge in [-0.15, -0.1) is 0 Å². The molecule has 0 N–H and O–H groups in total. The van der Waals surface area contributed by atoms with Crippen LogP contribution in [0.1, 0.15) is 0 Å². The van der Waals surface area contributed by atoms with Crippen LogP contribution < -0.4 is 38.4 Å². The molecule has 0 spiro atoms. The number of hydrogen-bond acceptors (Lipinski definition) is 8. The van der Waals surface area contributed by atoms with Gasteiger partial charge in [-0.05, 0) is 0 Å². The van der Waals surface area contributed by atoms with Crippen LogP contribution >= 0.6 is 0 Å². The molecule has 0 heterocycles. The quantitative estimate of drug-likeness (QED) is 0.354. The first-order valence-electron chi connectivity index (χ1n) is 1.63. The second kappa shape index (κ2) is 12.9. The molecule has 8 nitrogen and oxygen atoms in total. The molecular weight excluding hydrogens is 408 g/mol. The SMILES string of the molecule is [Ca+2].[O-][Si]([O-])([O-])[O-].[O-][Si]([O-])([O-])[O-].[Sn+4].[Zn+2]. The third kappa shape index (κ3) is 310. The molecule has 0 atom stereocenters. The van der Waals surface area contributed by atoms with Crippen LogP contribution in [0.2, 0.25) is 0 Å². The van der Waals surface area contributed by atoms with E-state index in [1.165, 1.54) is 0 Å². The van der Waals surface area contributed by atoms with Crippen molar-refractivity contribution in [2.45, 2.75) is 0 Å². The van der Waals surface area contributed by atoms with Crippen molar-refractivity contribution in [2.75, 3.05) is 0 Å². The van der Waals surface area contributed by atoms with Crippen molar-refractivity contribution >= 4 is 79.7 Å². The van der Waals surface area contributed by atoms with E-state index in [4.69, 9.17) is 38.4 Å². The van der Waals surface area contributed by atoms with Crippen LogP contribution in [-0.2, 0) is 19.5 Å². The Morgan fingerprint density at radius 2 is 0.538 bits per heavy atom. The zero-order valence-corrected chi connectivity index (χ0v) is 16.2. The first kappa shape index (κ1) is 29.7. The zero-order valence-electron chi connectivity index (χ0n) is 6.18. The maximum atomic E-state index is 8.58. The maximum absolute atomic E-state index is 8.58. The minimum Gasteiger partial charge on any atom is -0.894 e. The third-order valence-corrected chi connectivity index (χ3v) is 0. The van der Waals surface area contributed by atoms with Crippen molar-refractivity contribution in [3.63, 3.8) is 0 Å². The second-order valence-electron chi connectivity index (χ2n) is 1.00. The van der Waals surface area contributed by atoms with E-state index in [9.17, 15) is 0 Å². The number of rotatable bonds is 0. The van der Waals surface area contributed by atoms with E-state index in [0.717, 1.165) is 0 Å². The molecule has 0 radical (unpaired) electrons. The Kier molecular flexibility index (Phi) is 29.4. The molecule has 0 rings (SSSR count). The van der Waals surface area contributed by atoms with E-state index in [1.54, 1.807) is 0 Å². The standard InChI is InChI=1S/Ca.2O4Si.Sn.Zn/c;2*1-5(2,3)4;;/q+2;2*-4;+4;+2. The Labute approximate surface area is 136 Å². The fourth-order valence-corrected chi connectivity index (χ4v) is 0. The first-order valence-corrected chi connectivity index (χ1v) is 4.90. The Morgan fingerprint density at radius 3 is 0.538 bits per heavy atom. The largest absolute Gasteiger partial charge is 4.00 e. The molecule has 13 heavy (non-hydrogen) atoms. The molecule has 0 bridgehead atoms. The Balaban J connectivity index is -0.0000000267. The van der Waals surface area contributed by atoms with Crippen molar-refractivity contribution in [1.82, 2.24) is 0 Å². The molecule has 0 fully saturated rings. The summed E-state index contributed by atoms with van der Waals surface area (Å²) >= 11 is 0. The summed E-state index contributed by atoms with van der Waals surface area (Å²) in [6.45, 7) is 0. The summed E-state index contributed by atoms with van der Waals surface area (Å²) in [6, 6.07) is 0. The van der Waals surface area contributed by atoms with Crippen molar-refractivity contribution in [1.29, 1.82) is 0 Å². The third-order valence-electron chi connectivity index (χ3n) is 0. The fourth-order valence-electron chi connectivity index (χ4n) is 0. The smallest absolute Gasteiger partial charge is 0.894 e. The van der Waals surface area contributed by atoms with Gasteiger partial charge >= 0.3 is 81.1 Å². The minimum absolute atomic E-state index is 0. The van der Waals surface area contributed by atoms with E-state index in [-0.39, 0.29) is 81.1 Å². The van der Waals surface area contributed by atoms with E-state index >= 15 is 0 Å². The summed E-state index contributed by atoms with van der Waals surface area (Å²) in [4.78, 5) is 68.6. The molecule has 0 unspecified atom stereocenters. The Bertz CT molecular complexity index is 65.1. The summed E-state index contributed by atoms with van der Waals surface area (Å²) in [5.74, 6) is 0. The molecule has 0 aromatic carbocycles. The van der Waals surface area contributed by atoms with Gasteiger partial charge in [0.05, 0.1) is 0 Å².